The molecule has 0 heterocycles. The maximum atomic E-state index is 12.4. The van der Waals surface area contributed by atoms with Gasteiger partial charge in [0.2, 0.25) is 0 Å². The van der Waals surface area contributed by atoms with Crippen molar-refractivity contribution in [2.45, 2.75) is 46.3 Å². The van der Waals surface area contributed by atoms with Crippen LogP contribution < -0.4 is 5.73 Å². The first-order valence-electron chi connectivity index (χ1n) is 5.56. The summed E-state index contributed by atoms with van der Waals surface area (Å²) in [4.78, 5) is 1.73. The second kappa shape index (κ2) is 6.00. The van der Waals surface area contributed by atoms with Crippen LogP contribution >= 0.6 is 12.2 Å². The van der Waals surface area contributed by atoms with E-state index in [1.807, 2.05) is 13.8 Å². The van der Waals surface area contributed by atoms with Gasteiger partial charge in [0.15, 0.2) is 0 Å². The van der Waals surface area contributed by atoms with Crippen LogP contribution in [0.15, 0.2) is 0 Å². The summed E-state index contributed by atoms with van der Waals surface area (Å²) in [7, 11) is 0. The van der Waals surface area contributed by atoms with Gasteiger partial charge in [0.05, 0.1) is 11.5 Å². The van der Waals surface area contributed by atoms with Gasteiger partial charge in [-0.15, -0.1) is 0 Å². The van der Waals surface area contributed by atoms with E-state index in [4.69, 9.17) is 18.0 Å². The number of thiocarbonyl (C=S) groups is 1. The molecule has 0 saturated heterocycles. The zero-order chi connectivity index (χ0) is 13.9. The van der Waals surface area contributed by atoms with Crippen LogP contribution in [0, 0.1) is 5.41 Å². The number of nitrogens with two attached hydrogens (primary N) is 1. The van der Waals surface area contributed by atoms with Gasteiger partial charge in [-0.25, -0.2) is 0 Å². The Bertz CT molecular complexity index is 262. The fourth-order valence-corrected chi connectivity index (χ4v) is 1.40. The molecule has 2 nitrogen and oxygen atoms in total. The maximum absolute atomic E-state index is 12.4. The molecule has 6 heteroatoms. The molecule has 0 amide bonds. The highest BCUT2D eigenvalue weighted by atomic mass is 32.1. The molecular weight excluding hydrogens is 249 g/mol. The van der Waals surface area contributed by atoms with Gasteiger partial charge in [0.1, 0.15) is 0 Å². The van der Waals surface area contributed by atoms with Crippen molar-refractivity contribution in [1.82, 2.24) is 4.90 Å². The molecule has 0 aliphatic heterocycles. The van der Waals surface area contributed by atoms with Gasteiger partial charge >= 0.3 is 6.18 Å². The monoisotopic (exact) mass is 270 g/mol. The van der Waals surface area contributed by atoms with E-state index in [0.29, 0.717) is 18.0 Å². The van der Waals surface area contributed by atoms with Crippen LogP contribution in [0.4, 0.5) is 13.2 Å². The highest BCUT2D eigenvalue weighted by Crippen LogP contribution is 2.24. The lowest BCUT2D eigenvalue weighted by Gasteiger charge is -2.31. The summed E-state index contributed by atoms with van der Waals surface area (Å²) in [5.74, 6) is 0. The van der Waals surface area contributed by atoms with Crippen LogP contribution in [-0.2, 0) is 0 Å². The van der Waals surface area contributed by atoms with Crippen molar-refractivity contribution < 1.29 is 13.2 Å². The Hall–Kier alpha value is -0.360. The van der Waals surface area contributed by atoms with Gasteiger partial charge in [-0.3, -0.25) is 4.90 Å². The van der Waals surface area contributed by atoms with E-state index in [-0.39, 0.29) is 6.04 Å². The van der Waals surface area contributed by atoms with Crippen molar-refractivity contribution >= 4 is 17.2 Å². The van der Waals surface area contributed by atoms with Crippen LogP contribution in [0.25, 0.3) is 0 Å². The first kappa shape index (κ1) is 16.6. The smallest absolute Gasteiger partial charge is 0.393 e. The topological polar surface area (TPSA) is 29.3 Å². The second-order valence-corrected chi connectivity index (χ2v) is 5.62. The SMILES string of the molecule is CC(C)N(CCC(C)(C)C(N)=S)CC(F)(F)F. The molecular formula is C11H21F3N2S. The molecule has 0 aromatic rings. The Morgan fingerprint density at radius 2 is 1.76 bits per heavy atom. The molecule has 0 fully saturated rings. The lowest BCUT2D eigenvalue weighted by molar-refractivity contribution is -0.150. The van der Waals surface area contributed by atoms with E-state index in [1.54, 1.807) is 13.8 Å². The lowest BCUT2D eigenvalue weighted by Crippen LogP contribution is -2.42. The second-order valence-electron chi connectivity index (χ2n) is 5.18. The maximum Gasteiger partial charge on any atom is 0.401 e. The van der Waals surface area contributed by atoms with Crippen LogP contribution in [0.5, 0.6) is 0 Å². The zero-order valence-electron chi connectivity index (χ0n) is 10.8. The Kier molecular flexibility index (Phi) is 5.87. The van der Waals surface area contributed by atoms with Crippen LogP contribution in [-0.4, -0.2) is 35.2 Å². The minimum absolute atomic E-state index is 0.154. The number of nitrogens with zero attached hydrogens (tertiary/aromatic N) is 1. The fraction of sp³-hybridized carbons (Fsp3) is 0.909. The molecule has 0 unspecified atom stereocenters. The van der Waals surface area contributed by atoms with E-state index in [2.05, 4.69) is 0 Å². The van der Waals surface area contributed by atoms with Gasteiger partial charge < -0.3 is 5.73 Å². The average molecular weight is 270 g/mol. The summed E-state index contributed by atoms with van der Waals surface area (Å²) in [6.07, 6.45) is -3.64. The predicted octanol–water partition coefficient (Wildman–Crippen LogP) is 2.96. The van der Waals surface area contributed by atoms with E-state index in [9.17, 15) is 13.2 Å². The third-order valence-corrected chi connectivity index (χ3v) is 3.36. The minimum atomic E-state index is -4.17. The fourth-order valence-electron chi connectivity index (χ4n) is 1.30. The van der Waals surface area contributed by atoms with Gasteiger partial charge in [0.25, 0.3) is 0 Å². The molecule has 2 N–H and O–H groups in total. The van der Waals surface area contributed by atoms with Crippen molar-refractivity contribution in [3.05, 3.63) is 0 Å². The molecule has 0 rings (SSSR count). The third-order valence-electron chi connectivity index (χ3n) is 2.80. The number of halogens is 3. The quantitative estimate of drug-likeness (QED) is 0.752. The van der Waals surface area contributed by atoms with E-state index in [1.165, 1.54) is 4.90 Å². The van der Waals surface area contributed by atoms with Crippen molar-refractivity contribution in [1.29, 1.82) is 0 Å². The van der Waals surface area contributed by atoms with Crippen molar-refractivity contribution in [2.75, 3.05) is 13.1 Å². The molecule has 17 heavy (non-hydrogen) atoms. The number of hydrogen-bond acceptors (Lipinski definition) is 2. The van der Waals surface area contributed by atoms with Crippen molar-refractivity contribution in [2.24, 2.45) is 11.1 Å². The first-order valence-corrected chi connectivity index (χ1v) is 5.97. The Balaban J connectivity index is 4.43. The minimum Gasteiger partial charge on any atom is -0.393 e. The average Bonchev–Trinajstić information content (AvgIpc) is 2.09. The van der Waals surface area contributed by atoms with E-state index in [0.717, 1.165) is 0 Å². The molecule has 0 radical (unpaired) electrons. The summed E-state index contributed by atoms with van der Waals surface area (Å²) in [5.41, 5.74) is 5.14. The Morgan fingerprint density at radius 3 is 2.06 bits per heavy atom. The summed E-state index contributed by atoms with van der Waals surface area (Å²) in [5, 5.41) is 0. The highest BCUT2D eigenvalue weighted by Gasteiger charge is 2.32. The van der Waals surface area contributed by atoms with Crippen LogP contribution in [0.1, 0.15) is 34.1 Å². The largest absolute Gasteiger partial charge is 0.401 e. The highest BCUT2D eigenvalue weighted by molar-refractivity contribution is 7.80. The molecule has 0 aliphatic rings. The Morgan fingerprint density at radius 1 is 1.29 bits per heavy atom. The molecule has 0 saturated carbocycles. The summed E-state index contributed by atoms with van der Waals surface area (Å²) >= 11 is 4.90. The summed E-state index contributed by atoms with van der Waals surface area (Å²) < 4.78 is 37.1. The third kappa shape index (κ3) is 6.83. The number of alkyl halides is 3. The standard InChI is InChI=1S/C11H21F3N2S/c1-8(2)16(7-11(12,13)14)6-5-10(3,4)9(15)17/h8H,5-7H2,1-4H3,(H2,15,17). The van der Waals surface area contributed by atoms with E-state index < -0.39 is 18.1 Å². The normalized spacial score (nSPS) is 13.5. The van der Waals surface area contributed by atoms with Crippen LogP contribution in [0.3, 0.4) is 0 Å². The summed E-state index contributed by atoms with van der Waals surface area (Å²) in [6, 6.07) is -0.154. The van der Waals surface area contributed by atoms with Gasteiger partial charge in [-0.2, -0.15) is 13.2 Å². The first-order chi connectivity index (χ1) is 7.46. The van der Waals surface area contributed by atoms with Crippen LogP contribution in [0.2, 0.25) is 0 Å². The predicted molar refractivity (Wildman–Crippen MR) is 67.9 cm³/mol. The molecule has 0 bridgehead atoms. The molecule has 0 spiro atoms. The van der Waals surface area contributed by atoms with Crippen molar-refractivity contribution in [3.63, 3.8) is 0 Å². The van der Waals surface area contributed by atoms with Crippen molar-refractivity contribution in [3.8, 4) is 0 Å². The molecule has 102 valence electrons. The number of rotatable bonds is 6. The molecule has 0 aromatic carbocycles. The molecule has 0 atom stereocenters. The van der Waals surface area contributed by atoms with E-state index >= 15 is 0 Å². The summed E-state index contributed by atoms with van der Waals surface area (Å²) in [6.45, 7) is 6.64. The lowest BCUT2D eigenvalue weighted by atomic mass is 9.89. The molecule has 0 aliphatic carbocycles. The molecule has 0 aromatic heterocycles. The Labute approximate surface area is 106 Å². The number of hydrogen-bond donors (Lipinski definition) is 1. The zero-order valence-corrected chi connectivity index (χ0v) is 11.6. The van der Waals surface area contributed by atoms with Gasteiger partial charge in [-0.05, 0) is 26.8 Å². The van der Waals surface area contributed by atoms with Gasteiger partial charge in [0, 0.05) is 11.5 Å². The van der Waals surface area contributed by atoms with Gasteiger partial charge in [-0.1, -0.05) is 26.1 Å².